The molecule has 2 aromatic carbocycles. The molecule has 0 fully saturated rings. The summed E-state index contributed by atoms with van der Waals surface area (Å²) in [6, 6.07) is 5.95. The summed E-state index contributed by atoms with van der Waals surface area (Å²) in [5.74, 6) is -1.73. The maximum atomic E-state index is 12.5. The number of alkyl halides is 6. The fourth-order valence-corrected chi connectivity index (χ4v) is 2.49. The van der Waals surface area contributed by atoms with Crippen LogP contribution in [-0.2, 0) is 17.2 Å². The van der Waals surface area contributed by atoms with Crippen LogP contribution in [0.2, 0.25) is 0 Å². The van der Waals surface area contributed by atoms with Crippen molar-refractivity contribution in [1.29, 1.82) is 0 Å². The number of carboxylic acids is 1. The highest BCUT2D eigenvalue weighted by atomic mass is 19.4. The number of aromatic carboxylic acids is 1. The molecular weight excluding hydrogens is 432 g/mol. The van der Waals surface area contributed by atoms with Crippen LogP contribution < -0.4 is 0 Å². The Labute approximate surface area is 173 Å². The molecule has 0 spiro atoms. The minimum Gasteiger partial charge on any atom is -0.478 e. The number of carbonyl (C=O) groups is 2. The van der Waals surface area contributed by atoms with E-state index in [1.165, 1.54) is 34.1 Å². The van der Waals surface area contributed by atoms with E-state index in [-0.39, 0.29) is 22.3 Å². The van der Waals surface area contributed by atoms with Gasteiger partial charge in [0.2, 0.25) is 0 Å². The Kier molecular flexibility index (Phi) is 8.22. The molecule has 0 unspecified atom stereocenters. The second-order valence-corrected chi connectivity index (χ2v) is 6.35. The highest BCUT2D eigenvalue weighted by Crippen LogP contribution is 2.33. The van der Waals surface area contributed by atoms with Crippen molar-refractivity contribution in [2.24, 2.45) is 0 Å². The van der Waals surface area contributed by atoms with E-state index in [0.717, 1.165) is 35.4 Å². The summed E-state index contributed by atoms with van der Waals surface area (Å²) in [7, 11) is 2.68. The third-order valence-electron chi connectivity index (χ3n) is 4.12. The molecule has 0 heterocycles. The largest absolute Gasteiger partial charge is 0.478 e. The lowest BCUT2D eigenvalue weighted by molar-refractivity contribution is -0.138. The molecule has 1 N–H and O–H groups in total. The smallest absolute Gasteiger partial charge is 0.416 e. The summed E-state index contributed by atoms with van der Waals surface area (Å²) >= 11 is 0. The molecule has 31 heavy (non-hydrogen) atoms. The molecule has 11 heteroatoms. The van der Waals surface area contributed by atoms with E-state index in [1.807, 2.05) is 0 Å². The average molecular weight is 451 g/mol. The first-order chi connectivity index (χ1) is 14.1. The Morgan fingerprint density at radius 3 is 1.55 bits per heavy atom. The van der Waals surface area contributed by atoms with Crippen LogP contribution in [0.4, 0.5) is 26.3 Å². The highest BCUT2D eigenvalue weighted by molar-refractivity contribution is 5.93. The fourth-order valence-electron chi connectivity index (χ4n) is 2.49. The standard InChI is InChI=1S/C11H12F3NO2.C9H7F3O2/c1-7-6-8(10(16)15(2)17-3)4-5-9(7)11(12,13)14;1-5-4-6(8(13)14)2-3-7(5)9(10,11)12/h4-6H,1-3H3;2-4H,1H3,(H,13,14). The Balaban J connectivity index is 0.000000316. The second-order valence-electron chi connectivity index (χ2n) is 6.35. The van der Waals surface area contributed by atoms with Crippen LogP contribution in [-0.4, -0.2) is 36.2 Å². The van der Waals surface area contributed by atoms with Gasteiger partial charge in [-0.3, -0.25) is 9.63 Å². The third-order valence-corrected chi connectivity index (χ3v) is 4.12. The van der Waals surface area contributed by atoms with E-state index in [9.17, 15) is 35.9 Å². The zero-order valence-corrected chi connectivity index (χ0v) is 16.9. The molecule has 0 aliphatic rings. The Bertz CT molecular complexity index is 954. The number of hydroxylamine groups is 2. The van der Waals surface area contributed by atoms with Crippen molar-refractivity contribution < 1.29 is 45.9 Å². The summed E-state index contributed by atoms with van der Waals surface area (Å²) < 4.78 is 74.2. The topological polar surface area (TPSA) is 66.8 Å². The average Bonchev–Trinajstić information content (AvgIpc) is 2.65. The monoisotopic (exact) mass is 451 g/mol. The second kappa shape index (κ2) is 9.82. The van der Waals surface area contributed by atoms with Gasteiger partial charge in [0.15, 0.2) is 0 Å². The van der Waals surface area contributed by atoms with Gasteiger partial charge in [0.05, 0.1) is 23.8 Å². The molecule has 0 aliphatic heterocycles. The molecular formula is C20H19F6NO4. The molecule has 0 bridgehead atoms. The Hall–Kier alpha value is -3.08. The lowest BCUT2D eigenvalue weighted by Gasteiger charge is -2.15. The van der Waals surface area contributed by atoms with Gasteiger partial charge in [0.25, 0.3) is 5.91 Å². The molecule has 0 saturated heterocycles. The Morgan fingerprint density at radius 1 is 0.839 bits per heavy atom. The van der Waals surface area contributed by atoms with Crippen molar-refractivity contribution in [1.82, 2.24) is 5.06 Å². The van der Waals surface area contributed by atoms with E-state index < -0.39 is 35.4 Å². The van der Waals surface area contributed by atoms with Gasteiger partial charge in [-0.1, -0.05) is 0 Å². The third kappa shape index (κ3) is 6.99. The van der Waals surface area contributed by atoms with E-state index in [4.69, 9.17) is 5.11 Å². The van der Waals surface area contributed by atoms with Gasteiger partial charge >= 0.3 is 18.3 Å². The molecule has 2 rings (SSSR count). The Morgan fingerprint density at radius 2 is 1.23 bits per heavy atom. The number of hydrogen-bond donors (Lipinski definition) is 1. The number of halogens is 6. The van der Waals surface area contributed by atoms with Crippen LogP contribution in [0.3, 0.4) is 0 Å². The lowest BCUT2D eigenvalue weighted by atomic mass is 10.0. The number of aryl methyl sites for hydroxylation is 2. The van der Waals surface area contributed by atoms with Gasteiger partial charge < -0.3 is 5.11 Å². The lowest BCUT2D eigenvalue weighted by Crippen LogP contribution is -2.25. The van der Waals surface area contributed by atoms with Crippen molar-refractivity contribution in [3.05, 3.63) is 69.8 Å². The number of benzene rings is 2. The van der Waals surface area contributed by atoms with Gasteiger partial charge in [0, 0.05) is 12.6 Å². The first-order valence-electron chi connectivity index (χ1n) is 8.50. The molecule has 1 amide bonds. The number of hydrogen-bond acceptors (Lipinski definition) is 3. The zero-order valence-electron chi connectivity index (χ0n) is 16.9. The van der Waals surface area contributed by atoms with E-state index in [2.05, 4.69) is 4.84 Å². The number of carbonyl (C=O) groups excluding carboxylic acids is 1. The normalized spacial score (nSPS) is 11.4. The predicted molar refractivity (Wildman–Crippen MR) is 98.4 cm³/mol. The predicted octanol–water partition coefficient (Wildman–Crippen LogP) is 5.36. The maximum Gasteiger partial charge on any atom is 0.416 e. The molecule has 2 aromatic rings. The SMILES string of the molecule is CON(C)C(=O)c1ccc(C(F)(F)F)c(C)c1.Cc1cc(C(=O)O)ccc1C(F)(F)F. The van der Waals surface area contributed by atoms with Gasteiger partial charge in [-0.05, 0) is 61.4 Å². The van der Waals surface area contributed by atoms with Crippen molar-refractivity contribution >= 4 is 11.9 Å². The van der Waals surface area contributed by atoms with Crippen molar-refractivity contribution in [3.8, 4) is 0 Å². The maximum absolute atomic E-state index is 12.5. The van der Waals surface area contributed by atoms with Crippen LogP contribution in [0.25, 0.3) is 0 Å². The van der Waals surface area contributed by atoms with Crippen molar-refractivity contribution in [2.75, 3.05) is 14.2 Å². The minimum absolute atomic E-state index is 0.00727. The molecule has 0 aromatic heterocycles. The van der Waals surface area contributed by atoms with Crippen LogP contribution in [0.15, 0.2) is 36.4 Å². The van der Waals surface area contributed by atoms with Gasteiger partial charge in [-0.25, -0.2) is 9.86 Å². The fraction of sp³-hybridized carbons (Fsp3) is 0.300. The highest BCUT2D eigenvalue weighted by Gasteiger charge is 2.33. The molecule has 170 valence electrons. The van der Waals surface area contributed by atoms with Crippen molar-refractivity contribution in [2.45, 2.75) is 26.2 Å². The number of rotatable bonds is 3. The van der Waals surface area contributed by atoms with Crippen LogP contribution in [0.5, 0.6) is 0 Å². The molecule has 0 atom stereocenters. The van der Waals surface area contributed by atoms with E-state index >= 15 is 0 Å². The number of nitrogens with zero attached hydrogens (tertiary/aromatic N) is 1. The first-order valence-corrected chi connectivity index (χ1v) is 8.50. The molecule has 0 radical (unpaired) electrons. The van der Waals surface area contributed by atoms with Gasteiger partial charge in [-0.15, -0.1) is 0 Å². The van der Waals surface area contributed by atoms with Crippen LogP contribution in [0, 0.1) is 13.8 Å². The summed E-state index contributed by atoms with van der Waals surface area (Å²) in [5, 5.41) is 9.47. The van der Waals surface area contributed by atoms with Crippen LogP contribution in [0.1, 0.15) is 43.0 Å². The first kappa shape index (κ1) is 26.0. The zero-order chi connectivity index (χ0) is 24.1. The van der Waals surface area contributed by atoms with E-state index in [0.29, 0.717) is 0 Å². The molecule has 5 nitrogen and oxygen atoms in total. The van der Waals surface area contributed by atoms with Crippen molar-refractivity contribution in [3.63, 3.8) is 0 Å². The summed E-state index contributed by atoms with van der Waals surface area (Å²) in [6.45, 7) is 2.54. The molecule has 0 saturated carbocycles. The summed E-state index contributed by atoms with van der Waals surface area (Å²) in [5.41, 5.74) is -1.61. The van der Waals surface area contributed by atoms with Gasteiger partial charge in [-0.2, -0.15) is 26.3 Å². The number of amides is 1. The van der Waals surface area contributed by atoms with Gasteiger partial charge in [0.1, 0.15) is 0 Å². The van der Waals surface area contributed by atoms with Crippen LogP contribution >= 0.6 is 0 Å². The summed E-state index contributed by atoms with van der Waals surface area (Å²) in [4.78, 5) is 26.7. The number of carboxylic acid groups (broad SMARTS) is 1. The summed E-state index contributed by atoms with van der Waals surface area (Å²) in [6.07, 6.45) is -8.83. The quantitative estimate of drug-likeness (QED) is 0.504. The molecule has 0 aliphatic carbocycles. The minimum atomic E-state index is -4.43. The van der Waals surface area contributed by atoms with E-state index in [1.54, 1.807) is 0 Å².